The Labute approximate surface area is 138 Å². The number of hydrogen-bond acceptors (Lipinski definition) is 3. The second kappa shape index (κ2) is 9.43. The first kappa shape index (κ1) is 20.4. The van der Waals surface area contributed by atoms with Gasteiger partial charge in [0.15, 0.2) is 0 Å². The van der Waals surface area contributed by atoms with Gasteiger partial charge < -0.3 is 16.4 Å². The molecule has 0 saturated heterocycles. The number of carbonyl (C=O) groups excluding carboxylic acids is 2. The average Bonchev–Trinajstić information content (AvgIpc) is 2.45. The first-order valence-electron chi connectivity index (χ1n) is 7.24. The van der Waals surface area contributed by atoms with Crippen molar-refractivity contribution >= 4 is 29.9 Å². The standard InChI is InChI=1S/C16H25N3O2.ClH/c1-10(2)15(20)19-14-7-5-13(6-8-14)9-18-16(21)11(3)12(4)17;/h5-8,10-12H,9,17H2,1-4H3,(H,18,21)(H,19,20);1H. The Morgan fingerprint density at radius 1 is 1.05 bits per heavy atom. The number of halogens is 1. The molecule has 0 aliphatic rings. The fraction of sp³-hybridized carbons (Fsp3) is 0.500. The van der Waals surface area contributed by atoms with Gasteiger partial charge in [0.2, 0.25) is 11.8 Å². The van der Waals surface area contributed by atoms with Crippen LogP contribution < -0.4 is 16.4 Å². The van der Waals surface area contributed by atoms with Gasteiger partial charge in [-0.15, -0.1) is 12.4 Å². The summed E-state index contributed by atoms with van der Waals surface area (Å²) in [6.45, 7) is 7.77. The number of anilines is 1. The lowest BCUT2D eigenvalue weighted by Gasteiger charge is -2.15. The van der Waals surface area contributed by atoms with E-state index in [1.165, 1.54) is 0 Å². The van der Waals surface area contributed by atoms with Crippen LogP contribution in [-0.2, 0) is 16.1 Å². The van der Waals surface area contributed by atoms with E-state index in [-0.39, 0.29) is 42.1 Å². The first-order valence-corrected chi connectivity index (χ1v) is 7.24. The second-order valence-corrected chi connectivity index (χ2v) is 5.71. The highest BCUT2D eigenvalue weighted by atomic mass is 35.5. The lowest BCUT2D eigenvalue weighted by molar-refractivity contribution is -0.125. The normalized spacial score (nSPS) is 13.0. The first-order chi connectivity index (χ1) is 9.81. The minimum Gasteiger partial charge on any atom is -0.352 e. The minimum absolute atomic E-state index is 0. The molecule has 6 heteroatoms. The smallest absolute Gasteiger partial charge is 0.226 e. The Hall–Kier alpha value is -1.59. The van der Waals surface area contributed by atoms with Crippen LogP contribution >= 0.6 is 12.4 Å². The van der Waals surface area contributed by atoms with Crippen LogP contribution in [0.3, 0.4) is 0 Å². The lowest BCUT2D eigenvalue weighted by atomic mass is 10.0. The molecule has 2 amide bonds. The summed E-state index contributed by atoms with van der Waals surface area (Å²) in [6.07, 6.45) is 0. The van der Waals surface area contributed by atoms with Crippen molar-refractivity contribution in [3.05, 3.63) is 29.8 Å². The van der Waals surface area contributed by atoms with Gasteiger partial charge in [-0.25, -0.2) is 0 Å². The zero-order valence-corrected chi connectivity index (χ0v) is 14.4. The molecule has 0 aliphatic carbocycles. The number of hydrogen-bond donors (Lipinski definition) is 3. The molecule has 0 fully saturated rings. The molecule has 1 rings (SSSR count). The lowest BCUT2D eigenvalue weighted by Crippen LogP contribution is -2.38. The highest BCUT2D eigenvalue weighted by molar-refractivity contribution is 5.92. The molecule has 2 unspecified atom stereocenters. The topological polar surface area (TPSA) is 84.2 Å². The van der Waals surface area contributed by atoms with E-state index in [0.29, 0.717) is 6.54 Å². The highest BCUT2D eigenvalue weighted by Crippen LogP contribution is 2.11. The van der Waals surface area contributed by atoms with E-state index in [2.05, 4.69) is 10.6 Å². The van der Waals surface area contributed by atoms with Gasteiger partial charge in [-0.3, -0.25) is 9.59 Å². The van der Waals surface area contributed by atoms with Crippen LogP contribution in [-0.4, -0.2) is 17.9 Å². The van der Waals surface area contributed by atoms with Crippen molar-refractivity contribution in [2.45, 2.75) is 40.3 Å². The molecule has 2 atom stereocenters. The van der Waals surface area contributed by atoms with E-state index in [1.807, 2.05) is 52.0 Å². The maximum Gasteiger partial charge on any atom is 0.226 e. The van der Waals surface area contributed by atoms with Gasteiger partial charge in [-0.05, 0) is 24.6 Å². The third-order valence-electron chi connectivity index (χ3n) is 3.41. The summed E-state index contributed by atoms with van der Waals surface area (Å²) < 4.78 is 0. The summed E-state index contributed by atoms with van der Waals surface area (Å²) in [7, 11) is 0. The maximum atomic E-state index is 11.8. The molecule has 1 aromatic rings. The zero-order valence-electron chi connectivity index (χ0n) is 13.6. The molecular weight excluding hydrogens is 302 g/mol. The van der Waals surface area contributed by atoms with Gasteiger partial charge in [0.25, 0.3) is 0 Å². The number of nitrogens with two attached hydrogens (primary N) is 1. The van der Waals surface area contributed by atoms with Crippen molar-refractivity contribution in [1.29, 1.82) is 0 Å². The Balaban J connectivity index is 0.00000441. The fourth-order valence-electron chi connectivity index (χ4n) is 1.58. The van der Waals surface area contributed by atoms with Crippen LogP contribution in [0.5, 0.6) is 0 Å². The summed E-state index contributed by atoms with van der Waals surface area (Å²) in [5.74, 6) is -0.331. The number of carbonyl (C=O) groups is 2. The van der Waals surface area contributed by atoms with Crippen LogP contribution in [0.1, 0.15) is 33.3 Å². The van der Waals surface area contributed by atoms with E-state index >= 15 is 0 Å². The molecule has 22 heavy (non-hydrogen) atoms. The molecule has 0 heterocycles. The van der Waals surface area contributed by atoms with E-state index < -0.39 is 0 Å². The third kappa shape index (κ3) is 6.45. The third-order valence-corrected chi connectivity index (χ3v) is 3.41. The summed E-state index contributed by atoms with van der Waals surface area (Å²) in [5, 5.41) is 5.68. The van der Waals surface area contributed by atoms with E-state index in [4.69, 9.17) is 5.73 Å². The Morgan fingerprint density at radius 2 is 1.59 bits per heavy atom. The van der Waals surface area contributed by atoms with Crippen LogP contribution in [0.25, 0.3) is 0 Å². The van der Waals surface area contributed by atoms with Crippen LogP contribution in [0.15, 0.2) is 24.3 Å². The van der Waals surface area contributed by atoms with Crippen molar-refractivity contribution in [2.75, 3.05) is 5.32 Å². The second-order valence-electron chi connectivity index (χ2n) is 5.71. The summed E-state index contributed by atoms with van der Waals surface area (Å²) in [4.78, 5) is 23.4. The Kier molecular flexibility index (Phi) is 8.75. The summed E-state index contributed by atoms with van der Waals surface area (Å²) in [5.41, 5.74) is 7.43. The summed E-state index contributed by atoms with van der Waals surface area (Å²) >= 11 is 0. The molecule has 0 saturated carbocycles. The molecule has 4 N–H and O–H groups in total. The molecule has 0 spiro atoms. The number of amides is 2. The van der Waals surface area contributed by atoms with Gasteiger partial charge in [-0.1, -0.05) is 32.9 Å². The van der Waals surface area contributed by atoms with Gasteiger partial charge in [0.1, 0.15) is 0 Å². The van der Waals surface area contributed by atoms with Gasteiger partial charge in [0, 0.05) is 30.1 Å². The average molecular weight is 328 g/mol. The van der Waals surface area contributed by atoms with Crippen molar-refractivity contribution < 1.29 is 9.59 Å². The number of rotatable bonds is 6. The summed E-state index contributed by atoms with van der Waals surface area (Å²) in [6, 6.07) is 7.26. The van der Waals surface area contributed by atoms with Crippen LogP contribution in [0.4, 0.5) is 5.69 Å². The fourth-order valence-corrected chi connectivity index (χ4v) is 1.58. The molecule has 0 aromatic heterocycles. The van der Waals surface area contributed by atoms with Gasteiger partial charge in [0.05, 0.1) is 0 Å². The monoisotopic (exact) mass is 327 g/mol. The number of nitrogens with one attached hydrogen (secondary N) is 2. The highest BCUT2D eigenvalue weighted by Gasteiger charge is 2.16. The van der Waals surface area contributed by atoms with E-state index in [9.17, 15) is 9.59 Å². The predicted molar refractivity (Wildman–Crippen MR) is 91.8 cm³/mol. The molecule has 0 bridgehead atoms. The molecular formula is C16H26ClN3O2. The number of benzene rings is 1. The molecule has 1 aromatic carbocycles. The van der Waals surface area contributed by atoms with Gasteiger partial charge >= 0.3 is 0 Å². The molecule has 0 aliphatic heterocycles. The molecule has 5 nitrogen and oxygen atoms in total. The van der Waals surface area contributed by atoms with E-state index in [1.54, 1.807) is 0 Å². The Bertz CT molecular complexity index is 487. The van der Waals surface area contributed by atoms with Crippen LogP contribution in [0.2, 0.25) is 0 Å². The van der Waals surface area contributed by atoms with Crippen LogP contribution in [0, 0.1) is 11.8 Å². The zero-order chi connectivity index (χ0) is 16.0. The molecule has 0 radical (unpaired) electrons. The van der Waals surface area contributed by atoms with E-state index in [0.717, 1.165) is 11.3 Å². The largest absolute Gasteiger partial charge is 0.352 e. The maximum absolute atomic E-state index is 11.8. The van der Waals surface area contributed by atoms with Crippen molar-refractivity contribution in [3.63, 3.8) is 0 Å². The Morgan fingerprint density at radius 3 is 2.05 bits per heavy atom. The molecule has 124 valence electrons. The van der Waals surface area contributed by atoms with Gasteiger partial charge in [-0.2, -0.15) is 0 Å². The minimum atomic E-state index is -0.213. The SMILES string of the molecule is CC(C)C(=O)Nc1ccc(CNC(=O)C(C)C(C)N)cc1.Cl. The van der Waals surface area contributed by atoms with Crippen molar-refractivity contribution in [2.24, 2.45) is 17.6 Å². The predicted octanol–water partition coefficient (Wildman–Crippen LogP) is 2.30. The quantitative estimate of drug-likeness (QED) is 0.749. The van der Waals surface area contributed by atoms with Crippen molar-refractivity contribution in [1.82, 2.24) is 5.32 Å². The van der Waals surface area contributed by atoms with Crippen molar-refractivity contribution in [3.8, 4) is 0 Å².